The Morgan fingerprint density at radius 3 is 3.17 bits per heavy atom. The summed E-state index contributed by atoms with van der Waals surface area (Å²) in [5, 5.41) is 0. The van der Waals surface area contributed by atoms with Crippen LogP contribution in [0.15, 0.2) is 30.5 Å². The van der Waals surface area contributed by atoms with Gasteiger partial charge < -0.3 is 0 Å². The van der Waals surface area contributed by atoms with Gasteiger partial charge in [-0.25, -0.2) is 5.48 Å². The summed E-state index contributed by atoms with van der Waals surface area (Å²) < 4.78 is 0. The van der Waals surface area contributed by atoms with Gasteiger partial charge in [0.1, 0.15) is 0 Å². The van der Waals surface area contributed by atoms with Gasteiger partial charge in [-0.05, 0) is 18.2 Å². The second-order valence-electron chi connectivity index (χ2n) is 2.17. The number of rotatable bonds is 4. The molecule has 1 aromatic heterocycles. The average molecular weight is 164 g/mol. The van der Waals surface area contributed by atoms with E-state index in [1.54, 1.807) is 13.2 Å². The van der Waals surface area contributed by atoms with Crippen LogP contribution in [0.25, 0.3) is 6.08 Å². The van der Waals surface area contributed by atoms with E-state index in [4.69, 9.17) is 4.84 Å². The van der Waals surface area contributed by atoms with Gasteiger partial charge in [-0.2, -0.15) is 0 Å². The van der Waals surface area contributed by atoms with Gasteiger partial charge in [-0.15, -0.1) is 0 Å². The van der Waals surface area contributed by atoms with Gasteiger partial charge in [0.2, 0.25) is 0 Å². The molecule has 3 heteroatoms. The molecule has 12 heavy (non-hydrogen) atoms. The molecule has 0 radical (unpaired) electrons. The molecule has 0 unspecified atom stereocenters. The zero-order valence-corrected chi connectivity index (χ0v) is 7.03. The van der Waals surface area contributed by atoms with Gasteiger partial charge in [-0.1, -0.05) is 12.1 Å². The van der Waals surface area contributed by atoms with Gasteiger partial charge in [0, 0.05) is 13.2 Å². The Hall–Kier alpha value is -1.19. The van der Waals surface area contributed by atoms with E-state index < -0.39 is 0 Å². The van der Waals surface area contributed by atoms with E-state index in [2.05, 4.69) is 10.5 Å². The van der Waals surface area contributed by atoms with Gasteiger partial charge in [0.25, 0.3) is 0 Å². The highest BCUT2D eigenvalue weighted by Gasteiger charge is 1.82. The highest BCUT2D eigenvalue weighted by molar-refractivity contribution is 5.43. The Kier molecular flexibility index (Phi) is 4.05. The van der Waals surface area contributed by atoms with Gasteiger partial charge >= 0.3 is 0 Å². The zero-order valence-electron chi connectivity index (χ0n) is 7.03. The maximum Gasteiger partial charge on any atom is 0.0867 e. The van der Waals surface area contributed by atoms with Crippen LogP contribution in [0.4, 0.5) is 0 Å². The van der Waals surface area contributed by atoms with Crippen LogP contribution in [0.5, 0.6) is 0 Å². The lowest BCUT2D eigenvalue weighted by Crippen LogP contribution is -2.06. The highest BCUT2D eigenvalue weighted by atomic mass is 16.6. The van der Waals surface area contributed by atoms with Crippen molar-refractivity contribution in [2.24, 2.45) is 0 Å². The van der Waals surface area contributed by atoms with Crippen molar-refractivity contribution in [2.45, 2.75) is 0 Å². The van der Waals surface area contributed by atoms with Crippen LogP contribution < -0.4 is 5.48 Å². The Labute approximate surface area is 72.0 Å². The van der Waals surface area contributed by atoms with Crippen molar-refractivity contribution in [1.29, 1.82) is 0 Å². The summed E-state index contributed by atoms with van der Waals surface area (Å²) in [4.78, 5) is 9.00. The Morgan fingerprint density at radius 1 is 1.58 bits per heavy atom. The first-order valence-corrected chi connectivity index (χ1v) is 3.79. The number of hydrogen-bond acceptors (Lipinski definition) is 3. The number of hydrogen-bond donors (Lipinski definition) is 1. The second-order valence-corrected chi connectivity index (χ2v) is 2.17. The summed E-state index contributed by atoms with van der Waals surface area (Å²) >= 11 is 0. The second kappa shape index (κ2) is 5.46. The molecule has 0 bridgehead atoms. The van der Waals surface area contributed by atoms with E-state index in [1.807, 2.05) is 30.4 Å². The third-order valence-electron chi connectivity index (χ3n) is 1.30. The molecule has 1 rings (SSSR count). The number of nitrogens with zero attached hydrogens (tertiary/aromatic N) is 1. The summed E-state index contributed by atoms with van der Waals surface area (Å²) in [5.74, 6) is 0. The van der Waals surface area contributed by atoms with Crippen LogP contribution >= 0.6 is 0 Å². The smallest absolute Gasteiger partial charge is 0.0867 e. The predicted molar refractivity (Wildman–Crippen MR) is 48.3 cm³/mol. The van der Waals surface area contributed by atoms with Crippen molar-refractivity contribution in [2.75, 3.05) is 13.7 Å². The van der Waals surface area contributed by atoms with Crippen LogP contribution in [0.3, 0.4) is 0 Å². The fourth-order valence-electron chi connectivity index (χ4n) is 0.775. The molecule has 0 aliphatic heterocycles. The van der Waals surface area contributed by atoms with E-state index in [0.717, 1.165) is 5.69 Å². The van der Waals surface area contributed by atoms with Crippen LogP contribution in [0, 0.1) is 0 Å². The topological polar surface area (TPSA) is 34.1 Å². The number of aromatic nitrogens is 1. The summed E-state index contributed by atoms with van der Waals surface area (Å²) in [7, 11) is 1.73. The summed E-state index contributed by atoms with van der Waals surface area (Å²) in [5.41, 5.74) is 3.52. The number of pyridine rings is 1. The SMILES string of the molecule is CNOC/C=C/c1ccccn1. The Balaban J connectivity index is 2.36. The van der Waals surface area contributed by atoms with Crippen LogP contribution in [0.2, 0.25) is 0 Å². The molecule has 0 aliphatic carbocycles. The fourth-order valence-corrected chi connectivity index (χ4v) is 0.775. The monoisotopic (exact) mass is 164 g/mol. The third-order valence-corrected chi connectivity index (χ3v) is 1.30. The van der Waals surface area contributed by atoms with E-state index >= 15 is 0 Å². The fraction of sp³-hybridized carbons (Fsp3) is 0.222. The van der Waals surface area contributed by atoms with Crippen LogP contribution in [-0.2, 0) is 4.84 Å². The van der Waals surface area contributed by atoms with Crippen LogP contribution in [0.1, 0.15) is 5.69 Å². The van der Waals surface area contributed by atoms with E-state index in [0.29, 0.717) is 6.61 Å². The molecule has 0 fully saturated rings. The first-order valence-electron chi connectivity index (χ1n) is 3.79. The summed E-state index contributed by atoms with van der Waals surface area (Å²) in [6.45, 7) is 0.549. The maximum atomic E-state index is 4.89. The summed E-state index contributed by atoms with van der Waals surface area (Å²) in [6, 6.07) is 5.78. The largest absolute Gasteiger partial charge is 0.298 e. The minimum atomic E-state index is 0.549. The number of hydroxylamine groups is 1. The van der Waals surface area contributed by atoms with E-state index in [-0.39, 0.29) is 0 Å². The van der Waals surface area contributed by atoms with Gasteiger partial charge in [-0.3, -0.25) is 9.82 Å². The maximum absolute atomic E-state index is 4.89. The van der Waals surface area contributed by atoms with Gasteiger partial charge in [0.15, 0.2) is 0 Å². The molecule has 0 aliphatic rings. The molecule has 3 nitrogen and oxygen atoms in total. The molecule has 1 N–H and O–H groups in total. The Morgan fingerprint density at radius 2 is 2.50 bits per heavy atom. The Bertz CT molecular complexity index is 234. The van der Waals surface area contributed by atoms with Crippen molar-refractivity contribution in [1.82, 2.24) is 10.5 Å². The molecule has 64 valence electrons. The minimum Gasteiger partial charge on any atom is -0.298 e. The molecular formula is C9H12N2O. The summed E-state index contributed by atoms with van der Waals surface area (Å²) in [6.07, 6.45) is 5.58. The zero-order chi connectivity index (χ0) is 8.65. The van der Waals surface area contributed by atoms with E-state index in [1.165, 1.54) is 0 Å². The van der Waals surface area contributed by atoms with Crippen molar-refractivity contribution in [3.05, 3.63) is 36.2 Å². The average Bonchev–Trinajstić information content (AvgIpc) is 2.14. The quantitative estimate of drug-likeness (QED) is 0.537. The van der Waals surface area contributed by atoms with Crippen molar-refractivity contribution >= 4 is 6.08 Å². The highest BCUT2D eigenvalue weighted by Crippen LogP contribution is 1.95. The molecule has 1 aromatic rings. The standard InChI is InChI=1S/C9H12N2O/c1-10-12-8-4-6-9-5-2-3-7-11-9/h2-7,10H,8H2,1H3/b6-4+. The lowest BCUT2D eigenvalue weighted by molar-refractivity contribution is 0.0814. The molecule has 0 atom stereocenters. The molecule has 0 amide bonds. The van der Waals surface area contributed by atoms with E-state index in [9.17, 15) is 0 Å². The molecular weight excluding hydrogens is 152 g/mol. The molecule has 1 heterocycles. The van der Waals surface area contributed by atoms with Crippen molar-refractivity contribution in [3.63, 3.8) is 0 Å². The van der Waals surface area contributed by atoms with Gasteiger partial charge in [0.05, 0.1) is 12.3 Å². The predicted octanol–water partition coefficient (Wildman–Crippen LogP) is 1.25. The molecule has 0 saturated carbocycles. The lowest BCUT2D eigenvalue weighted by Gasteiger charge is -1.93. The van der Waals surface area contributed by atoms with Crippen molar-refractivity contribution in [3.8, 4) is 0 Å². The van der Waals surface area contributed by atoms with Crippen molar-refractivity contribution < 1.29 is 4.84 Å². The number of nitrogens with one attached hydrogen (secondary N) is 1. The first kappa shape index (κ1) is 8.90. The first-order chi connectivity index (χ1) is 5.93. The molecule has 0 aromatic carbocycles. The third kappa shape index (κ3) is 3.27. The molecule has 0 saturated heterocycles. The van der Waals surface area contributed by atoms with Crippen LogP contribution in [-0.4, -0.2) is 18.6 Å². The normalized spacial score (nSPS) is 10.8. The lowest BCUT2D eigenvalue weighted by atomic mass is 10.3. The molecule has 0 spiro atoms. The minimum absolute atomic E-state index is 0.549.